The van der Waals surface area contributed by atoms with Crippen molar-refractivity contribution in [1.29, 1.82) is 0 Å². The minimum Gasteiger partial charge on any atom is -0.481 e. The minimum absolute atomic E-state index is 0.0117. The largest absolute Gasteiger partial charge is 0.481 e. The number of amides is 2. The van der Waals surface area contributed by atoms with E-state index in [4.69, 9.17) is 5.11 Å². The Morgan fingerprint density at radius 3 is 2.78 bits per heavy atom. The fourth-order valence-electron chi connectivity index (χ4n) is 3.31. The van der Waals surface area contributed by atoms with Gasteiger partial charge in [-0.2, -0.15) is 0 Å². The Hall–Kier alpha value is -2.37. The lowest BCUT2D eigenvalue weighted by molar-refractivity contribution is -0.145. The number of anilines is 1. The van der Waals surface area contributed by atoms with Gasteiger partial charge in [0.05, 0.1) is 5.92 Å². The van der Waals surface area contributed by atoms with Crippen molar-refractivity contribution in [1.82, 2.24) is 4.90 Å². The van der Waals surface area contributed by atoms with E-state index in [2.05, 4.69) is 0 Å². The number of carboxylic acids is 1. The summed E-state index contributed by atoms with van der Waals surface area (Å²) >= 11 is 0. The van der Waals surface area contributed by atoms with E-state index in [-0.39, 0.29) is 24.9 Å². The van der Waals surface area contributed by atoms with E-state index in [0.29, 0.717) is 32.2 Å². The number of aryl methyl sites for hydroxylation is 1. The van der Waals surface area contributed by atoms with Gasteiger partial charge >= 0.3 is 5.97 Å². The fraction of sp³-hybridized carbons (Fsp3) is 0.471. The van der Waals surface area contributed by atoms with Crippen LogP contribution in [0.25, 0.3) is 0 Å². The molecule has 1 N–H and O–H groups in total. The molecule has 1 saturated heterocycles. The van der Waals surface area contributed by atoms with Gasteiger partial charge in [0.25, 0.3) is 0 Å². The maximum Gasteiger partial charge on any atom is 0.308 e. The number of likely N-dealkylation sites (tertiary alicyclic amines) is 1. The predicted octanol–water partition coefficient (Wildman–Crippen LogP) is 1.29. The number of hydrogen-bond donors (Lipinski definition) is 1. The van der Waals surface area contributed by atoms with E-state index < -0.39 is 11.9 Å². The number of carboxylic acid groups (broad SMARTS) is 1. The molecule has 2 aliphatic heterocycles. The molecular formula is C17H20N2O4. The Morgan fingerprint density at radius 2 is 2.00 bits per heavy atom. The monoisotopic (exact) mass is 316 g/mol. The van der Waals surface area contributed by atoms with Crippen molar-refractivity contribution in [3.63, 3.8) is 0 Å². The topological polar surface area (TPSA) is 77.9 Å². The van der Waals surface area contributed by atoms with Crippen molar-refractivity contribution in [2.45, 2.75) is 25.7 Å². The Labute approximate surface area is 134 Å². The number of aliphatic carboxylic acids is 1. The predicted molar refractivity (Wildman–Crippen MR) is 84.1 cm³/mol. The lowest BCUT2D eigenvalue weighted by Gasteiger charge is -2.34. The molecule has 0 aromatic heterocycles. The van der Waals surface area contributed by atoms with Crippen LogP contribution in [0.2, 0.25) is 0 Å². The number of carbonyl (C=O) groups is 3. The van der Waals surface area contributed by atoms with E-state index in [0.717, 1.165) is 11.3 Å². The molecule has 1 fully saturated rings. The van der Waals surface area contributed by atoms with Crippen molar-refractivity contribution in [2.75, 3.05) is 24.5 Å². The fourth-order valence-corrected chi connectivity index (χ4v) is 3.31. The van der Waals surface area contributed by atoms with Crippen LogP contribution in [0.15, 0.2) is 24.3 Å². The number of fused-ring (bicyclic) bond motifs is 1. The molecule has 23 heavy (non-hydrogen) atoms. The van der Waals surface area contributed by atoms with Crippen LogP contribution in [-0.4, -0.2) is 47.4 Å². The number of rotatable bonds is 3. The SMILES string of the molecule is O=C(O)[C@@H]1CCCN(C(=O)CN2C(=O)CCc3ccccc32)C1. The van der Waals surface area contributed by atoms with Crippen LogP contribution in [0.3, 0.4) is 0 Å². The molecule has 1 atom stereocenters. The third kappa shape index (κ3) is 3.21. The summed E-state index contributed by atoms with van der Waals surface area (Å²) in [5.41, 5.74) is 1.87. The van der Waals surface area contributed by atoms with Gasteiger partial charge in [-0.1, -0.05) is 18.2 Å². The Kier molecular flexibility index (Phi) is 4.32. The average Bonchev–Trinajstić information content (AvgIpc) is 2.57. The summed E-state index contributed by atoms with van der Waals surface area (Å²) in [7, 11) is 0. The molecule has 0 aliphatic carbocycles. The number of carbonyl (C=O) groups excluding carboxylic acids is 2. The van der Waals surface area contributed by atoms with E-state index in [1.54, 1.807) is 4.90 Å². The van der Waals surface area contributed by atoms with Crippen molar-refractivity contribution in [3.05, 3.63) is 29.8 Å². The molecule has 0 radical (unpaired) electrons. The highest BCUT2D eigenvalue weighted by molar-refractivity contribution is 6.01. The van der Waals surface area contributed by atoms with Gasteiger partial charge in [0.2, 0.25) is 11.8 Å². The molecule has 6 nitrogen and oxygen atoms in total. The molecule has 122 valence electrons. The number of hydrogen-bond acceptors (Lipinski definition) is 3. The summed E-state index contributed by atoms with van der Waals surface area (Å²) in [4.78, 5) is 39.0. The molecule has 2 amide bonds. The molecule has 3 rings (SSSR count). The first-order chi connectivity index (χ1) is 11.1. The van der Waals surface area contributed by atoms with E-state index in [1.807, 2.05) is 24.3 Å². The van der Waals surface area contributed by atoms with Crippen LogP contribution in [-0.2, 0) is 20.8 Å². The van der Waals surface area contributed by atoms with Crippen molar-refractivity contribution in [3.8, 4) is 0 Å². The Bertz CT molecular complexity index is 643. The smallest absolute Gasteiger partial charge is 0.308 e. The molecule has 1 aromatic carbocycles. The quantitative estimate of drug-likeness (QED) is 0.911. The van der Waals surface area contributed by atoms with Crippen molar-refractivity contribution < 1.29 is 19.5 Å². The molecule has 0 saturated carbocycles. The highest BCUT2D eigenvalue weighted by Gasteiger charge is 2.31. The van der Waals surface area contributed by atoms with Crippen LogP contribution in [0, 0.1) is 5.92 Å². The number of para-hydroxylation sites is 1. The zero-order chi connectivity index (χ0) is 16.4. The lowest BCUT2D eigenvalue weighted by atomic mass is 9.98. The van der Waals surface area contributed by atoms with Crippen molar-refractivity contribution >= 4 is 23.5 Å². The minimum atomic E-state index is -0.859. The molecule has 6 heteroatoms. The molecule has 0 bridgehead atoms. The third-order valence-corrected chi connectivity index (χ3v) is 4.61. The second-order valence-corrected chi connectivity index (χ2v) is 6.13. The summed E-state index contributed by atoms with van der Waals surface area (Å²) in [5, 5.41) is 9.13. The van der Waals surface area contributed by atoms with Gasteiger partial charge in [0.1, 0.15) is 6.54 Å². The second kappa shape index (κ2) is 6.40. The van der Waals surface area contributed by atoms with E-state index >= 15 is 0 Å². The summed E-state index contributed by atoms with van der Waals surface area (Å²) in [6.45, 7) is 0.784. The Morgan fingerprint density at radius 1 is 1.22 bits per heavy atom. The van der Waals surface area contributed by atoms with Crippen LogP contribution < -0.4 is 4.90 Å². The van der Waals surface area contributed by atoms with Gasteiger partial charge in [0, 0.05) is 25.2 Å². The van der Waals surface area contributed by atoms with E-state index in [1.165, 1.54) is 4.90 Å². The van der Waals surface area contributed by atoms with Gasteiger partial charge < -0.3 is 14.9 Å². The maximum atomic E-state index is 12.5. The Balaban J connectivity index is 1.72. The molecule has 2 heterocycles. The second-order valence-electron chi connectivity index (χ2n) is 6.13. The summed E-state index contributed by atoms with van der Waals surface area (Å²) in [5.74, 6) is -1.59. The highest BCUT2D eigenvalue weighted by Crippen LogP contribution is 2.27. The van der Waals surface area contributed by atoms with E-state index in [9.17, 15) is 14.4 Å². The average molecular weight is 316 g/mol. The maximum absolute atomic E-state index is 12.5. The van der Waals surface area contributed by atoms with Crippen LogP contribution in [0.1, 0.15) is 24.8 Å². The number of piperidine rings is 1. The summed E-state index contributed by atoms with van der Waals surface area (Å²) in [6.07, 6.45) is 2.39. The standard InChI is InChI=1S/C17H20N2O4/c20-15-8-7-12-4-1-2-6-14(12)19(15)11-16(21)18-9-3-5-13(10-18)17(22)23/h1-2,4,6,13H,3,5,7-11H2,(H,22,23)/t13-/m1/s1. The lowest BCUT2D eigenvalue weighted by Crippen LogP contribution is -2.48. The van der Waals surface area contributed by atoms with Gasteiger partial charge in [-0.3, -0.25) is 14.4 Å². The van der Waals surface area contributed by atoms with Crippen molar-refractivity contribution in [2.24, 2.45) is 5.92 Å². The zero-order valence-electron chi connectivity index (χ0n) is 12.9. The first-order valence-electron chi connectivity index (χ1n) is 7.95. The number of benzene rings is 1. The zero-order valence-corrected chi connectivity index (χ0v) is 12.9. The molecular weight excluding hydrogens is 296 g/mol. The molecule has 2 aliphatic rings. The first-order valence-corrected chi connectivity index (χ1v) is 7.95. The van der Waals surface area contributed by atoms with Gasteiger partial charge in [-0.15, -0.1) is 0 Å². The van der Waals surface area contributed by atoms with Gasteiger partial charge in [-0.05, 0) is 30.9 Å². The summed E-state index contributed by atoms with van der Waals surface area (Å²) < 4.78 is 0. The third-order valence-electron chi connectivity index (χ3n) is 4.61. The highest BCUT2D eigenvalue weighted by atomic mass is 16.4. The van der Waals surface area contributed by atoms with Gasteiger partial charge in [-0.25, -0.2) is 0 Å². The molecule has 0 spiro atoms. The van der Waals surface area contributed by atoms with Gasteiger partial charge in [0.15, 0.2) is 0 Å². The van der Waals surface area contributed by atoms with Crippen LogP contribution >= 0.6 is 0 Å². The first kappa shape index (κ1) is 15.5. The molecule has 1 aromatic rings. The van der Waals surface area contributed by atoms with Crippen LogP contribution in [0.5, 0.6) is 0 Å². The number of nitrogens with zero attached hydrogens (tertiary/aromatic N) is 2. The van der Waals surface area contributed by atoms with Crippen LogP contribution in [0.4, 0.5) is 5.69 Å². The molecule has 0 unspecified atom stereocenters. The normalized spacial score (nSPS) is 21.0. The summed E-state index contributed by atoms with van der Waals surface area (Å²) in [6, 6.07) is 7.61.